The van der Waals surface area contributed by atoms with Crippen LogP contribution in [0, 0.1) is 51.4 Å². The molecule has 0 spiro atoms. The molecule has 148 heavy (non-hydrogen) atoms. The summed E-state index contributed by atoms with van der Waals surface area (Å²) in [6.45, 7) is 19.6. The largest absolute Gasteiger partial charge is 0.349 e. The second-order valence-corrected chi connectivity index (χ2v) is 43.6. The molecule has 8 bridgehead atoms. The van der Waals surface area contributed by atoms with Gasteiger partial charge in [-0.1, -0.05) is 177 Å². The smallest absolute Gasteiger partial charge is 0.248 e. The Morgan fingerprint density at radius 3 is 0.736 bits per heavy atom. The van der Waals surface area contributed by atoms with E-state index in [9.17, 15) is 51.0 Å². The van der Waals surface area contributed by atoms with E-state index in [0.29, 0.717) is 91.2 Å². The Bertz CT molecular complexity index is 6780. The summed E-state index contributed by atoms with van der Waals surface area (Å²) in [6.07, 6.45) is -18.0. The van der Waals surface area contributed by atoms with Crippen molar-refractivity contribution in [2.75, 3.05) is 26.1 Å². The number of fused-ring (bicyclic) bond motifs is 8. The van der Waals surface area contributed by atoms with Gasteiger partial charge in [0.1, 0.15) is 46.6 Å². The number of piperidine rings is 4. The van der Waals surface area contributed by atoms with Crippen LogP contribution in [0.15, 0.2) is 121 Å². The summed E-state index contributed by atoms with van der Waals surface area (Å²) >= 11 is 0. The summed E-state index contributed by atoms with van der Waals surface area (Å²) in [5, 5.41) is 45.5. The number of aryl methyl sites for hydroxylation is 4. The van der Waals surface area contributed by atoms with Crippen molar-refractivity contribution in [1.29, 1.82) is 0 Å². The lowest BCUT2D eigenvalue weighted by molar-refractivity contribution is -0.131. The van der Waals surface area contributed by atoms with E-state index in [2.05, 4.69) is 85.6 Å². The van der Waals surface area contributed by atoms with E-state index < -0.39 is 165 Å². The van der Waals surface area contributed by atoms with Crippen LogP contribution in [0.3, 0.4) is 0 Å². The molecule has 8 aromatic rings. The molecule has 4 amide bonds. The second kappa shape index (κ2) is 48.3. The third kappa shape index (κ3) is 26.7. The number of alkyl halides is 8. The molecule has 4 saturated carbocycles. The summed E-state index contributed by atoms with van der Waals surface area (Å²) in [6, 6.07) is 34.7. The third-order valence-electron chi connectivity index (χ3n) is 32.4. The van der Waals surface area contributed by atoms with Gasteiger partial charge in [0, 0.05) is 230 Å². The quantitative estimate of drug-likeness (QED) is 0.0286. The fourth-order valence-electron chi connectivity index (χ4n) is 25.0. The number of rotatable bonds is 32. The van der Waals surface area contributed by atoms with E-state index in [1.54, 1.807) is 93.3 Å². The van der Waals surface area contributed by atoms with Crippen LogP contribution < -0.4 is 21.3 Å². The molecule has 4 aliphatic carbocycles. The van der Waals surface area contributed by atoms with Crippen molar-refractivity contribution in [2.45, 2.75) is 458 Å². The maximum atomic E-state index is 15.0. The molecule has 0 radical (unpaired) electrons. The molecule has 20 rings (SSSR count). The van der Waals surface area contributed by atoms with Gasteiger partial charge in [-0.05, 0) is 230 Å². The molecule has 4 N–H and O–H groups in total. The van der Waals surface area contributed by atoms with Crippen LogP contribution in [0.4, 0.5) is 35.1 Å². The van der Waals surface area contributed by atoms with E-state index in [1.165, 1.54) is 0 Å². The fourth-order valence-corrected chi connectivity index (χ4v) is 25.0. The van der Waals surface area contributed by atoms with Gasteiger partial charge < -0.3 is 39.5 Å². The van der Waals surface area contributed by atoms with Gasteiger partial charge in [0.05, 0.1) is 24.2 Å². The van der Waals surface area contributed by atoms with Crippen LogP contribution in [0.25, 0.3) is 0 Å². The van der Waals surface area contributed by atoms with Gasteiger partial charge >= 0.3 is 0 Å². The Hall–Kier alpha value is -9.40. The molecular formula is C116H164F8N20O4. The Morgan fingerprint density at radius 1 is 0.304 bits per heavy atom. The molecule has 12 fully saturated rings. The standard InChI is InChI=1S/4C29H41F2N5O/c4*1-19(2)27-34-33-20(3)36(27)25-17-23-9-10-24(18-25)35(23)16-13-26(21-7-5-4-6-8-21)32-28(37)22-11-14-29(30,31)15-12-22/h4*4-8,19,22-26H,9-18H2,1-3H3,(H,32,37)/i11D2,12D2,14D2,15D2,16D2,19D;11D2,12D2,14D2,15D2,19D;16D2,19D;19D. The zero-order valence-corrected chi connectivity index (χ0v) is 87.1. The fraction of sp³-hybridized carbons (Fsp3) is 0.690. The lowest BCUT2D eigenvalue weighted by atomic mass is 9.86. The maximum Gasteiger partial charge on any atom is 0.248 e. The third-order valence-corrected chi connectivity index (χ3v) is 32.4. The molecule has 12 unspecified atom stereocenters. The normalized spacial score (nSPS) is 32.5. The van der Waals surface area contributed by atoms with Crippen LogP contribution >= 0.6 is 0 Å². The summed E-state index contributed by atoms with van der Waals surface area (Å²) in [7, 11) is 0. The first-order chi connectivity index (χ1) is 79.6. The number of nitrogens with zero attached hydrogens (tertiary/aromatic N) is 16. The van der Waals surface area contributed by atoms with E-state index in [1.807, 2.05) is 126 Å². The SMILES string of the molecule is [2H]C(C)(C)c1nnc(C)n1C1CC2CCC(C1)N2C([2H])([2H])CC(NC(=O)C1C([2H])([2H])C([2H])([2H])C(F)(F)C([2H])([2H])C1([2H])[2H])c1ccccc1.[2H]C(C)(C)c1nnc(C)n1C1CC2CCC(C1)N2C([2H])([2H])CC(NC(=O)C1CCC(F)(F)CC1)c1ccccc1.[2H]C(C)(C)c1nnc(C)n1C1CC2CCC(C1)N2CCC(NC(=O)C1C([2H])([2H])C([2H])([2H])C(F)(F)C([2H])([2H])C1([2H])[2H])c1ccccc1.[2H]C(C)(C)c1nnc(C)n1C1CC2CCC(C1)N2CCC(NC(=O)C1CCC(F)(F)CC1)c1ccccc1. The van der Waals surface area contributed by atoms with Crippen LogP contribution in [0.5, 0.6) is 0 Å². The van der Waals surface area contributed by atoms with E-state index in [0.717, 1.165) is 124 Å². The first-order valence-corrected chi connectivity index (χ1v) is 53.3. The number of halogens is 8. The molecule has 4 aromatic heterocycles. The number of nitrogens with one attached hydrogen (secondary N) is 4. The summed E-state index contributed by atoms with van der Waals surface area (Å²) in [5.74, 6) is -23.2. The topological polar surface area (TPSA) is 252 Å². The lowest BCUT2D eigenvalue weighted by Crippen LogP contribution is -2.45. The van der Waals surface area contributed by atoms with Crippen LogP contribution in [-0.4, -0.2) is 200 Å². The van der Waals surface area contributed by atoms with Gasteiger partial charge in [-0.15, -0.1) is 40.8 Å². The number of hydrogen-bond acceptors (Lipinski definition) is 16. The minimum absolute atomic E-state index is 0.0231. The lowest BCUT2D eigenvalue weighted by Gasteiger charge is -2.40. The van der Waals surface area contributed by atoms with Crippen LogP contribution in [0.1, 0.15) is 460 Å². The van der Waals surface area contributed by atoms with Crippen molar-refractivity contribution >= 4 is 23.6 Å². The highest BCUT2D eigenvalue weighted by Crippen LogP contribution is 2.50. The van der Waals surface area contributed by atoms with Crippen LogP contribution in [-0.2, 0) is 19.2 Å². The van der Waals surface area contributed by atoms with Gasteiger partial charge in [0.2, 0.25) is 47.3 Å². The molecule has 808 valence electrons. The maximum absolute atomic E-state index is 15.0. The molecule has 12 aliphatic rings. The average molecular weight is 2080 g/mol. The number of carbonyl (C=O) groups excluding carboxylic acids is 4. The number of benzene rings is 4. The second-order valence-electron chi connectivity index (χ2n) is 43.6. The van der Waals surface area contributed by atoms with Gasteiger partial charge in [0.15, 0.2) is 0 Å². The number of carbonyl (C=O) groups is 4. The Morgan fingerprint density at radius 2 is 0.514 bits per heavy atom. The zero-order chi connectivity index (χ0) is 126. The predicted octanol–water partition coefficient (Wildman–Crippen LogP) is 23.8. The highest BCUT2D eigenvalue weighted by Gasteiger charge is 2.50. The predicted molar refractivity (Wildman–Crippen MR) is 558 cm³/mol. The first-order valence-electron chi connectivity index (χ1n) is 65.3. The van der Waals surface area contributed by atoms with Gasteiger partial charge in [-0.2, -0.15) is 0 Å². The van der Waals surface area contributed by atoms with Crippen molar-refractivity contribution < 1.29 is 87.2 Å². The van der Waals surface area contributed by atoms with Crippen molar-refractivity contribution in [3.8, 4) is 0 Å². The Kier molecular flexibility index (Phi) is 26.8. The number of amides is 4. The number of aromatic nitrogens is 12. The average Bonchev–Trinajstić information content (AvgIpc) is 0.775. The van der Waals surface area contributed by atoms with Crippen molar-refractivity contribution in [3.63, 3.8) is 0 Å². The molecule has 24 nitrogen and oxygen atoms in total. The summed E-state index contributed by atoms with van der Waals surface area (Å²) < 4.78 is 323. The highest BCUT2D eigenvalue weighted by molar-refractivity contribution is 5.81. The summed E-state index contributed by atoms with van der Waals surface area (Å²) in [4.78, 5) is 62.5. The van der Waals surface area contributed by atoms with E-state index >= 15 is 8.78 Å². The molecule has 12 atom stereocenters. The molecule has 12 heterocycles. The van der Waals surface area contributed by atoms with Gasteiger partial charge in [0.25, 0.3) is 0 Å². The summed E-state index contributed by atoms with van der Waals surface area (Å²) in [5.41, 5.74) is 2.83. The molecule has 8 saturated heterocycles. The van der Waals surface area contributed by atoms with Gasteiger partial charge in [-0.25, -0.2) is 35.1 Å². The first kappa shape index (κ1) is 82.3. The van der Waals surface area contributed by atoms with Gasteiger partial charge in [-0.3, -0.25) is 38.8 Å². The highest BCUT2D eigenvalue weighted by atomic mass is 19.3. The molecule has 8 aliphatic heterocycles. The molecule has 32 heteroatoms. The number of hydrogen-bond donors (Lipinski definition) is 4. The minimum atomic E-state index is -5.13. The van der Waals surface area contributed by atoms with E-state index in [-0.39, 0.29) is 136 Å². The minimum Gasteiger partial charge on any atom is -0.349 e. The van der Waals surface area contributed by atoms with Crippen molar-refractivity contribution in [2.24, 2.45) is 23.7 Å². The zero-order valence-electron chi connectivity index (χ0n) is 111. The van der Waals surface area contributed by atoms with Crippen LogP contribution in [0.2, 0.25) is 0 Å². The Balaban J connectivity index is 0.000000153. The van der Waals surface area contributed by atoms with E-state index in [4.69, 9.17) is 27.4 Å². The van der Waals surface area contributed by atoms with Crippen molar-refractivity contribution in [3.05, 3.63) is 190 Å². The Labute approximate surface area is 905 Å². The van der Waals surface area contributed by atoms with Crippen molar-refractivity contribution in [1.82, 2.24) is 99.9 Å². The monoisotopic (exact) mass is 2080 g/mol. The molecular weight excluding hydrogens is 1890 g/mol. The molecule has 4 aromatic carbocycles.